The number of hydrogen-bond acceptors (Lipinski definition) is 5. The van der Waals surface area contributed by atoms with Gasteiger partial charge in [-0.3, -0.25) is 4.90 Å². The van der Waals surface area contributed by atoms with E-state index in [0.717, 1.165) is 32.5 Å². The summed E-state index contributed by atoms with van der Waals surface area (Å²) in [7, 11) is -3.46. The summed E-state index contributed by atoms with van der Waals surface area (Å²) in [4.78, 5) is 16.9. The molecule has 0 aliphatic carbocycles. The lowest BCUT2D eigenvalue weighted by molar-refractivity contribution is 0.155. The van der Waals surface area contributed by atoms with Crippen LogP contribution in [0, 0.1) is 5.92 Å². The van der Waals surface area contributed by atoms with Gasteiger partial charge in [0.2, 0.25) is 10.0 Å². The Balaban J connectivity index is 1.18. The Morgan fingerprint density at radius 1 is 1.03 bits per heavy atom. The van der Waals surface area contributed by atoms with E-state index in [2.05, 4.69) is 39.2 Å². The van der Waals surface area contributed by atoms with Crippen molar-refractivity contribution in [3.8, 4) is 0 Å². The first-order valence-corrected chi connectivity index (χ1v) is 13.7. The van der Waals surface area contributed by atoms with Crippen molar-refractivity contribution in [2.24, 2.45) is 5.92 Å². The molecule has 174 valence electrons. The summed E-state index contributed by atoms with van der Waals surface area (Å²) in [6, 6.07) is 13.7. The van der Waals surface area contributed by atoms with Crippen LogP contribution in [0.25, 0.3) is 0 Å². The molecule has 7 nitrogen and oxygen atoms in total. The van der Waals surface area contributed by atoms with Gasteiger partial charge in [-0.25, -0.2) is 17.9 Å². The number of thiophene rings is 1. The molecule has 2 aliphatic heterocycles. The van der Waals surface area contributed by atoms with Gasteiger partial charge in [0.25, 0.3) is 0 Å². The monoisotopic (exact) mass is 476 g/mol. The van der Waals surface area contributed by atoms with Gasteiger partial charge in [-0.05, 0) is 55.2 Å². The zero-order valence-corrected chi connectivity index (χ0v) is 19.9. The summed E-state index contributed by atoms with van der Waals surface area (Å²) in [5, 5.41) is 4.87. The number of rotatable bonds is 7. The topological polar surface area (TPSA) is 81.8 Å². The molecule has 2 fully saturated rings. The maximum absolute atomic E-state index is 12.7. The molecule has 0 radical (unpaired) electrons. The first kappa shape index (κ1) is 23.2. The van der Waals surface area contributed by atoms with Crippen LogP contribution in [0.15, 0.2) is 52.1 Å². The fourth-order valence-electron chi connectivity index (χ4n) is 4.54. The average molecular weight is 477 g/mol. The lowest BCUT2D eigenvalue weighted by atomic mass is 9.97. The molecule has 2 saturated heterocycles. The van der Waals surface area contributed by atoms with Crippen molar-refractivity contribution in [2.45, 2.75) is 42.5 Å². The molecule has 2 aromatic rings. The zero-order chi connectivity index (χ0) is 22.4. The summed E-state index contributed by atoms with van der Waals surface area (Å²) in [6.07, 6.45) is 3.56. The molecule has 0 spiro atoms. The molecule has 4 rings (SSSR count). The highest BCUT2D eigenvalue weighted by molar-refractivity contribution is 7.91. The SMILES string of the molecule is O=C(NCC1CCCN(Cc2ccccc2)C1)N1CCC(NS(=O)(=O)c2cccs2)CC1. The summed E-state index contributed by atoms with van der Waals surface area (Å²) < 4.78 is 27.9. The Labute approximate surface area is 194 Å². The molecule has 1 aromatic carbocycles. The van der Waals surface area contributed by atoms with Crippen LogP contribution >= 0.6 is 11.3 Å². The Morgan fingerprint density at radius 2 is 1.81 bits per heavy atom. The van der Waals surface area contributed by atoms with E-state index in [-0.39, 0.29) is 12.1 Å². The molecule has 1 atom stereocenters. The molecular formula is C23H32N4O3S2. The molecule has 2 amide bonds. The molecule has 0 saturated carbocycles. The number of sulfonamides is 1. The quantitative estimate of drug-likeness (QED) is 0.643. The first-order valence-electron chi connectivity index (χ1n) is 11.3. The van der Waals surface area contributed by atoms with Crippen molar-refractivity contribution < 1.29 is 13.2 Å². The van der Waals surface area contributed by atoms with E-state index >= 15 is 0 Å². The average Bonchev–Trinajstić information content (AvgIpc) is 3.35. The number of urea groups is 1. The molecule has 1 aromatic heterocycles. The van der Waals surface area contributed by atoms with Crippen LogP contribution in [-0.4, -0.2) is 63.0 Å². The van der Waals surface area contributed by atoms with Gasteiger partial charge >= 0.3 is 6.03 Å². The number of hydrogen-bond donors (Lipinski definition) is 2. The van der Waals surface area contributed by atoms with Gasteiger partial charge in [-0.15, -0.1) is 11.3 Å². The molecule has 1 unspecified atom stereocenters. The summed E-state index contributed by atoms with van der Waals surface area (Å²) in [6.45, 7) is 4.88. The number of carbonyl (C=O) groups excluding carboxylic acids is 1. The van der Waals surface area contributed by atoms with E-state index in [4.69, 9.17) is 0 Å². The third kappa shape index (κ3) is 6.31. The summed E-state index contributed by atoms with van der Waals surface area (Å²) in [5.74, 6) is 0.464. The molecule has 2 aliphatic rings. The van der Waals surface area contributed by atoms with Gasteiger partial charge < -0.3 is 10.2 Å². The Hall–Kier alpha value is -1.94. The van der Waals surface area contributed by atoms with Crippen LogP contribution in [0.3, 0.4) is 0 Å². The maximum Gasteiger partial charge on any atom is 0.317 e. The molecule has 32 heavy (non-hydrogen) atoms. The van der Waals surface area contributed by atoms with Crippen molar-refractivity contribution >= 4 is 27.4 Å². The maximum atomic E-state index is 12.7. The molecule has 3 heterocycles. The standard InChI is InChI=1S/C23H32N4O3S2/c28-23(24-16-20-8-4-12-26(18-20)17-19-6-2-1-3-7-19)27-13-10-21(11-14-27)25-32(29,30)22-9-5-15-31-22/h1-3,5-7,9,15,20-21,25H,4,8,10-14,16-18H2,(H,24,28). The van der Waals surface area contributed by atoms with E-state index in [1.54, 1.807) is 22.4 Å². The highest BCUT2D eigenvalue weighted by Crippen LogP contribution is 2.20. The normalized spacial score (nSPS) is 20.9. The van der Waals surface area contributed by atoms with Gasteiger partial charge in [-0.1, -0.05) is 36.4 Å². The van der Waals surface area contributed by atoms with E-state index in [1.165, 1.54) is 16.9 Å². The minimum Gasteiger partial charge on any atom is -0.338 e. The van der Waals surface area contributed by atoms with Crippen molar-refractivity contribution in [3.63, 3.8) is 0 Å². The Bertz CT molecular complexity index is 958. The van der Waals surface area contributed by atoms with E-state index in [0.29, 0.717) is 42.6 Å². The Morgan fingerprint density at radius 3 is 2.53 bits per heavy atom. The lowest BCUT2D eigenvalue weighted by Crippen LogP contribution is -2.50. The highest BCUT2D eigenvalue weighted by Gasteiger charge is 2.28. The van der Waals surface area contributed by atoms with E-state index in [1.807, 2.05) is 6.07 Å². The van der Waals surface area contributed by atoms with Gasteiger partial charge in [-0.2, -0.15) is 0 Å². The zero-order valence-electron chi connectivity index (χ0n) is 18.3. The Kier molecular flexibility index (Phi) is 7.83. The molecule has 9 heteroatoms. The molecular weight excluding hydrogens is 444 g/mol. The van der Waals surface area contributed by atoms with Crippen LogP contribution in [0.5, 0.6) is 0 Å². The number of piperidine rings is 2. The van der Waals surface area contributed by atoms with Crippen LogP contribution in [-0.2, 0) is 16.6 Å². The minimum absolute atomic E-state index is 0.0373. The lowest BCUT2D eigenvalue weighted by Gasteiger charge is -2.35. The summed E-state index contributed by atoms with van der Waals surface area (Å²) >= 11 is 1.22. The molecule has 2 N–H and O–H groups in total. The smallest absolute Gasteiger partial charge is 0.317 e. The van der Waals surface area contributed by atoms with Gasteiger partial charge in [0.05, 0.1) is 0 Å². The third-order valence-corrected chi connectivity index (χ3v) is 9.18. The molecule has 0 bridgehead atoms. The third-order valence-electron chi connectivity index (χ3n) is 6.26. The van der Waals surface area contributed by atoms with Gasteiger partial charge in [0, 0.05) is 38.8 Å². The van der Waals surface area contributed by atoms with E-state index in [9.17, 15) is 13.2 Å². The number of nitrogens with zero attached hydrogens (tertiary/aromatic N) is 2. The van der Waals surface area contributed by atoms with Crippen molar-refractivity contribution in [1.29, 1.82) is 0 Å². The largest absolute Gasteiger partial charge is 0.338 e. The highest BCUT2D eigenvalue weighted by atomic mass is 32.2. The first-order chi connectivity index (χ1) is 15.5. The second-order valence-corrected chi connectivity index (χ2v) is 11.6. The fourth-order valence-corrected chi connectivity index (χ4v) is 6.86. The predicted molar refractivity (Wildman–Crippen MR) is 127 cm³/mol. The van der Waals surface area contributed by atoms with Crippen molar-refractivity contribution in [2.75, 3.05) is 32.7 Å². The fraction of sp³-hybridized carbons (Fsp3) is 0.522. The van der Waals surface area contributed by atoms with E-state index < -0.39 is 10.0 Å². The second-order valence-electron chi connectivity index (χ2n) is 8.73. The van der Waals surface area contributed by atoms with Crippen LogP contribution in [0.2, 0.25) is 0 Å². The van der Waals surface area contributed by atoms with Gasteiger partial charge in [0.1, 0.15) is 4.21 Å². The van der Waals surface area contributed by atoms with Crippen molar-refractivity contribution in [3.05, 3.63) is 53.4 Å². The number of carbonyl (C=O) groups is 1. The van der Waals surface area contributed by atoms with Crippen LogP contribution < -0.4 is 10.0 Å². The van der Waals surface area contributed by atoms with Crippen LogP contribution in [0.1, 0.15) is 31.2 Å². The second kappa shape index (κ2) is 10.8. The van der Waals surface area contributed by atoms with Crippen LogP contribution in [0.4, 0.5) is 4.79 Å². The summed E-state index contributed by atoms with van der Waals surface area (Å²) in [5.41, 5.74) is 1.33. The number of likely N-dealkylation sites (tertiary alicyclic amines) is 2. The minimum atomic E-state index is -3.46. The van der Waals surface area contributed by atoms with Gasteiger partial charge in [0.15, 0.2) is 0 Å². The number of benzene rings is 1. The predicted octanol–water partition coefficient (Wildman–Crippen LogP) is 3.11. The number of amides is 2. The number of nitrogens with one attached hydrogen (secondary N) is 2. The van der Waals surface area contributed by atoms with Crippen molar-refractivity contribution in [1.82, 2.24) is 19.8 Å².